The fourth-order valence-electron chi connectivity index (χ4n) is 1.99. The lowest BCUT2D eigenvalue weighted by Crippen LogP contribution is -2.39. The van der Waals surface area contributed by atoms with Crippen LogP contribution in [0, 0.1) is 5.82 Å². The lowest BCUT2D eigenvalue weighted by Gasteiger charge is -2.19. The third-order valence-electron chi connectivity index (χ3n) is 3.25. The van der Waals surface area contributed by atoms with Crippen molar-refractivity contribution in [1.29, 1.82) is 0 Å². The van der Waals surface area contributed by atoms with Gasteiger partial charge in [0.25, 0.3) is 0 Å². The van der Waals surface area contributed by atoms with Gasteiger partial charge in [-0.15, -0.1) is 0 Å². The molecule has 0 saturated carbocycles. The second-order valence-corrected chi connectivity index (χ2v) is 7.24. The molecule has 0 spiro atoms. The van der Waals surface area contributed by atoms with Gasteiger partial charge in [-0.2, -0.15) is 4.31 Å². The minimum Gasteiger partial charge on any atom is -0.349 e. The summed E-state index contributed by atoms with van der Waals surface area (Å²) >= 11 is 0. The maximum absolute atomic E-state index is 12.9. The van der Waals surface area contributed by atoms with Crippen LogP contribution in [0.5, 0.6) is 0 Å². The second kappa shape index (κ2) is 7.98. The Morgan fingerprint density at radius 2 is 1.92 bits per heavy atom. The Labute approximate surface area is 140 Å². The van der Waals surface area contributed by atoms with Gasteiger partial charge >= 0.3 is 0 Å². The van der Waals surface area contributed by atoms with Gasteiger partial charge in [0.1, 0.15) is 5.82 Å². The summed E-state index contributed by atoms with van der Waals surface area (Å²) in [6, 6.07) is 10.8. The highest BCUT2D eigenvalue weighted by Gasteiger charge is 2.20. The molecule has 8 heteroatoms. The van der Waals surface area contributed by atoms with Crippen LogP contribution >= 0.6 is 0 Å². The third kappa shape index (κ3) is 5.71. The zero-order valence-corrected chi connectivity index (χ0v) is 14.0. The number of halogens is 1. The molecule has 1 amide bonds. The minimum absolute atomic E-state index is 0.00385. The van der Waals surface area contributed by atoms with E-state index in [1.807, 2.05) is 0 Å². The molecule has 24 heavy (non-hydrogen) atoms. The highest BCUT2D eigenvalue weighted by molar-refractivity contribution is 7.88. The van der Waals surface area contributed by atoms with Gasteiger partial charge in [0.2, 0.25) is 15.9 Å². The first kappa shape index (κ1) is 18.0. The molecule has 0 saturated heterocycles. The number of carbonyl (C=O) groups is 1. The Morgan fingerprint density at radius 3 is 2.50 bits per heavy atom. The van der Waals surface area contributed by atoms with Gasteiger partial charge in [-0.05, 0) is 29.8 Å². The fraction of sp³-hybridized carbons (Fsp3) is 0.250. The topological polar surface area (TPSA) is 79.4 Å². The normalized spacial score (nSPS) is 11.5. The van der Waals surface area contributed by atoms with Crippen molar-refractivity contribution >= 4 is 15.9 Å². The smallest absolute Gasteiger partial charge is 0.235 e. The van der Waals surface area contributed by atoms with Gasteiger partial charge in [0.05, 0.1) is 25.0 Å². The molecule has 2 rings (SSSR count). The van der Waals surface area contributed by atoms with E-state index in [0.29, 0.717) is 11.3 Å². The quantitative estimate of drug-likeness (QED) is 0.815. The number of aromatic nitrogens is 1. The van der Waals surface area contributed by atoms with Gasteiger partial charge in [0.15, 0.2) is 0 Å². The van der Waals surface area contributed by atoms with E-state index in [-0.39, 0.29) is 19.6 Å². The highest BCUT2D eigenvalue weighted by Crippen LogP contribution is 2.09. The number of benzene rings is 1. The van der Waals surface area contributed by atoms with E-state index >= 15 is 0 Å². The van der Waals surface area contributed by atoms with E-state index in [4.69, 9.17) is 0 Å². The van der Waals surface area contributed by atoms with E-state index in [9.17, 15) is 17.6 Å². The molecule has 128 valence electrons. The zero-order valence-electron chi connectivity index (χ0n) is 13.1. The molecule has 0 aliphatic rings. The van der Waals surface area contributed by atoms with Gasteiger partial charge in [0, 0.05) is 12.7 Å². The third-order valence-corrected chi connectivity index (χ3v) is 4.45. The monoisotopic (exact) mass is 351 g/mol. The second-order valence-electron chi connectivity index (χ2n) is 5.26. The minimum atomic E-state index is -3.59. The Kier molecular flexibility index (Phi) is 5.99. The predicted molar refractivity (Wildman–Crippen MR) is 87.7 cm³/mol. The molecule has 6 nitrogen and oxygen atoms in total. The summed E-state index contributed by atoms with van der Waals surface area (Å²) in [6.07, 6.45) is 2.64. The lowest BCUT2D eigenvalue weighted by atomic mass is 10.2. The summed E-state index contributed by atoms with van der Waals surface area (Å²) in [5, 5.41) is 2.63. The maximum Gasteiger partial charge on any atom is 0.235 e. The highest BCUT2D eigenvalue weighted by atomic mass is 32.2. The number of hydrogen-bond donors (Lipinski definition) is 1. The molecule has 0 aliphatic carbocycles. The Hall–Kier alpha value is -2.32. The van der Waals surface area contributed by atoms with Crippen LogP contribution in [0.3, 0.4) is 0 Å². The number of sulfonamides is 1. The van der Waals surface area contributed by atoms with Crippen molar-refractivity contribution in [2.24, 2.45) is 0 Å². The molecule has 0 fully saturated rings. The number of carbonyl (C=O) groups excluding carboxylic acids is 1. The molecule has 0 unspecified atom stereocenters. The van der Waals surface area contributed by atoms with Crippen molar-refractivity contribution in [2.45, 2.75) is 13.1 Å². The fourth-order valence-corrected chi connectivity index (χ4v) is 2.73. The van der Waals surface area contributed by atoms with Gasteiger partial charge < -0.3 is 5.32 Å². The maximum atomic E-state index is 12.9. The standard InChI is InChI=1S/C16H18FN3O3S/c1-24(22,23)20(11-13-5-7-14(17)8-6-13)12-16(21)19-10-15-4-2-3-9-18-15/h2-9H,10-12H2,1H3,(H,19,21). The molecule has 0 atom stereocenters. The first-order valence-corrected chi connectivity index (χ1v) is 9.05. The SMILES string of the molecule is CS(=O)(=O)N(CC(=O)NCc1ccccn1)Cc1ccc(F)cc1. The molecule has 2 aromatic rings. The number of rotatable bonds is 7. The molecular weight excluding hydrogens is 333 g/mol. The van der Waals surface area contributed by atoms with E-state index in [1.54, 1.807) is 24.4 Å². The van der Waals surface area contributed by atoms with E-state index < -0.39 is 21.7 Å². The van der Waals surface area contributed by atoms with Crippen LogP contribution in [0.4, 0.5) is 4.39 Å². The molecule has 0 aliphatic heterocycles. The zero-order chi connectivity index (χ0) is 17.6. The van der Waals surface area contributed by atoms with E-state index in [1.165, 1.54) is 24.3 Å². The Morgan fingerprint density at radius 1 is 1.21 bits per heavy atom. The van der Waals surface area contributed by atoms with Gasteiger partial charge in [-0.1, -0.05) is 18.2 Å². The van der Waals surface area contributed by atoms with Crippen molar-refractivity contribution in [3.05, 3.63) is 65.7 Å². The van der Waals surface area contributed by atoms with Crippen LogP contribution in [0.1, 0.15) is 11.3 Å². The largest absolute Gasteiger partial charge is 0.349 e. The molecule has 1 aromatic carbocycles. The Bertz CT molecular complexity index is 780. The summed E-state index contributed by atoms with van der Waals surface area (Å²) in [5.74, 6) is -0.842. The van der Waals surface area contributed by atoms with Crippen LogP contribution < -0.4 is 5.32 Å². The van der Waals surface area contributed by atoms with Crippen molar-refractivity contribution in [3.63, 3.8) is 0 Å². The van der Waals surface area contributed by atoms with Crippen molar-refractivity contribution in [2.75, 3.05) is 12.8 Å². The summed E-state index contributed by atoms with van der Waals surface area (Å²) in [7, 11) is -3.59. The van der Waals surface area contributed by atoms with Crippen LogP contribution in [-0.2, 0) is 27.9 Å². The number of hydrogen-bond acceptors (Lipinski definition) is 4. The molecule has 1 aromatic heterocycles. The first-order valence-electron chi connectivity index (χ1n) is 7.21. The number of nitrogens with one attached hydrogen (secondary N) is 1. The van der Waals surface area contributed by atoms with E-state index in [2.05, 4.69) is 10.3 Å². The van der Waals surface area contributed by atoms with Crippen LogP contribution in [-0.4, -0.2) is 36.4 Å². The van der Waals surface area contributed by atoms with Gasteiger partial charge in [-0.25, -0.2) is 12.8 Å². The molecule has 1 heterocycles. The first-order chi connectivity index (χ1) is 11.3. The van der Waals surface area contributed by atoms with Crippen LogP contribution in [0.2, 0.25) is 0 Å². The summed E-state index contributed by atoms with van der Waals surface area (Å²) in [5.41, 5.74) is 1.27. The van der Waals surface area contributed by atoms with Crippen molar-refractivity contribution in [3.8, 4) is 0 Å². The summed E-state index contributed by atoms with van der Waals surface area (Å²) in [6.45, 7) is -0.104. The summed E-state index contributed by atoms with van der Waals surface area (Å²) in [4.78, 5) is 16.1. The van der Waals surface area contributed by atoms with E-state index in [0.717, 1.165) is 10.6 Å². The van der Waals surface area contributed by atoms with Crippen LogP contribution in [0.25, 0.3) is 0 Å². The number of amides is 1. The molecule has 0 bridgehead atoms. The predicted octanol–water partition coefficient (Wildman–Crippen LogP) is 1.30. The average Bonchev–Trinajstić information content (AvgIpc) is 2.54. The average molecular weight is 351 g/mol. The Balaban J connectivity index is 1.98. The van der Waals surface area contributed by atoms with Crippen molar-refractivity contribution < 1.29 is 17.6 Å². The molecule has 1 N–H and O–H groups in total. The lowest BCUT2D eigenvalue weighted by molar-refractivity contribution is -0.121. The number of pyridine rings is 1. The molecular formula is C16H18FN3O3S. The number of nitrogens with zero attached hydrogens (tertiary/aromatic N) is 2. The summed E-state index contributed by atoms with van der Waals surface area (Å²) < 4.78 is 37.7. The molecule has 0 radical (unpaired) electrons. The van der Waals surface area contributed by atoms with Crippen molar-refractivity contribution in [1.82, 2.24) is 14.6 Å². The van der Waals surface area contributed by atoms with Gasteiger partial charge in [-0.3, -0.25) is 9.78 Å². The van der Waals surface area contributed by atoms with Crippen LogP contribution in [0.15, 0.2) is 48.7 Å².